The number of anilines is 1. The van der Waals surface area contributed by atoms with Crippen molar-refractivity contribution in [2.24, 2.45) is 5.41 Å². The molecular weight excluding hydrogens is 288 g/mol. The summed E-state index contributed by atoms with van der Waals surface area (Å²) in [6, 6.07) is 8.40. The number of rotatable bonds is 2. The summed E-state index contributed by atoms with van der Waals surface area (Å²) >= 11 is 3.54. The van der Waals surface area contributed by atoms with Gasteiger partial charge in [-0.1, -0.05) is 26.7 Å². The fraction of sp³-hybridized carbons (Fsp3) is 0.533. The van der Waals surface area contributed by atoms with Crippen LogP contribution in [0.3, 0.4) is 0 Å². The zero-order valence-corrected chi connectivity index (χ0v) is 12.5. The highest BCUT2D eigenvalue weighted by molar-refractivity contribution is 9.10. The summed E-state index contributed by atoms with van der Waals surface area (Å²) in [7, 11) is 0. The van der Waals surface area contributed by atoms with Gasteiger partial charge >= 0.3 is 0 Å². The number of benzene rings is 1. The lowest BCUT2D eigenvalue weighted by Gasteiger charge is -2.39. The molecule has 1 aromatic rings. The Morgan fingerprint density at radius 1 is 1.39 bits per heavy atom. The van der Waals surface area contributed by atoms with E-state index in [1.165, 1.54) is 25.7 Å². The molecule has 1 fully saturated rings. The first kappa shape index (κ1) is 13.4. The van der Waals surface area contributed by atoms with Crippen LogP contribution in [0.2, 0.25) is 0 Å². The topological polar surface area (TPSA) is 35.8 Å². The molecule has 0 saturated heterocycles. The van der Waals surface area contributed by atoms with Crippen molar-refractivity contribution in [3.05, 3.63) is 28.2 Å². The molecule has 0 aliphatic heterocycles. The van der Waals surface area contributed by atoms with Crippen LogP contribution in [0.4, 0.5) is 5.69 Å². The molecule has 0 amide bonds. The van der Waals surface area contributed by atoms with Gasteiger partial charge in [0.05, 0.1) is 11.6 Å². The van der Waals surface area contributed by atoms with E-state index < -0.39 is 0 Å². The fourth-order valence-corrected chi connectivity index (χ4v) is 3.14. The number of hydrogen-bond acceptors (Lipinski definition) is 2. The van der Waals surface area contributed by atoms with Crippen molar-refractivity contribution >= 4 is 21.6 Å². The van der Waals surface area contributed by atoms with Crippen LogP contribution in [-0.2, 0) is 0 Å². The lowest BCUT2D eigenvalue weighted by molar-refractivity contribution is 0.217. The Morgan fingerprint density at radius 3 is 2.78 bits per heavy atom. The van der Waals surface area contributed by atoms with Gasteiger partial charge in [0.25, 0.3) is 0 Å². The molecule has 1 aliphatic carbocycles. The third-order valence-corrected chi connectivity index (χ3v) is 4.59. The van der Waals surface area contributed by atoms with Gasteiger partial charge in [-0.3, -0.25) is 0 Å². The quantitative estimate of drug-likeness (QED) is 0.859. The molecule has 0 heterocycles. The second-order valence-corrected chi connectivity index (χ2v) is 6.59. The SMILES string of the molecule is CC1(C)CCCCC1Nc1ccc(C#N)cc1Br. The molecule has 0 bridgehead atoms. The Hall–Kier alpha value is -1.01. The normalized spacial score (nSPS) is 22.2. The summed E-state index contributed by atoms with van der Waals surface area (Å²) in [5.74, 6) is 0. The van der Waals surface area contributed by atoms with Crippen molar-refractivity contribution < 1.29 is 0 Å². The number of halogens is 1. The van der Waals surface area contributed by atoms with Crippen molar-refractivity contribution in [2.75, 3.05) is 5.32 Å². The van der Waals surface area contributed by atoms with Gasteiger partial charge in [-0.05, 0) is 52.4 Å². The van der Waals surface area contributed by atoms with Gasteiger partial charge in [0.1, 0.15) is 0 Å². The minimum Gasteiger partial charge on any atom is -0.381 e. The third kappa shape index (κ3) is 2.87. The van der Waals surface area contributed by atoms with E-state index in [9.17, 15) is 0 Å². The fourth-order valence-electron chi connectivity index (χ4n) is 2.65. The van der Waals surface area contributed by atoms with Gasteiger partial charge in [-0.2, -0.15) is 5.26 Å². The molecule has 18 heavy (non-hydrogen) atoms. The molecule has 1 N–H and O–H groups in total. The Labute approximate surface area is 118 Å². The summed E-state index contributed by atoms with van der Waals surface area (Å²) in [6.07, 6.45) is 5.13. The summed E-state index contributed by atoms with van der Waals surface area (Å²) < 4.78 is 0.975. The Kier molecular flexibility index (Phi) is 3.97. The van der Waals surface area contributed by atoms with Crippen LogP contribution in [0.15, 0.2) is 22.7 Å². The van der Waals surface area contributed by atoms with Crippen LogP contribution in [0.25, 0.3) is 0 Å². The van der Waals surface area contributed by atoms with E-state index in [2.05, 4.69) is 41.2 Å². The Bertz CT molecular complexity index is 474. The zero-order chi connectivity index (χ0) is 13.2. The first-order valence-electron chi connectivity index (χ1n) is 6.49. The molecular formula is C15H19BrN2. The molecule has 1 saturated carbocycles. The Morgan fingerprint density at radius 2 is 2.17 bits per heavy atom. The third-order valence-electron chi connectivity index (χ3n) is 3.94. The van der Waals surface area contributed by atoms with E-state index in [4.69, 9.17) is 5.26 Å². The molecule has 2 rings (SSSR count). The van der Waals surface area contributed by atoms with E-state index in [0.29, 0.717) is 17.0 Å². The molecule has 0 spiro atoms. The molecule has 3 heteroatoms. The molecule has 96 valence electrons. The molecule has 1 unspecified atom stereocenters. The molecule has 0 radical (unpaired) electrons. The van der Waals surface area contributed by atoms with E-state index in [0.717, 1.165) is 10.2 Å². The summed E-state index contributed by atoms with van der Waals surface area (Å²) in [4.78, 5) is 0. The average Bonchev–Trinajstić information content (AvgIpc) is 2.33. The highest BCUT2D eigenvalue weighted by Crippen LogP contribution is 2.38. The van der Waals surface area contributed by atoms with Gasteiger partial charge in [-0.15, -0.1) is 0 Å². The van der Waals surface area contributed by atoms with E-state index in [-0.39, 0.29) is 0 Å². The van der Waals surface area contributed by atoms with E-state index in [1.807, 2.05) is 18.2 Å². The van der Waals surface area contributed by atoms with Crippen molar-refractivity contribution in [1.82, 2.24) is 0 Å². The van der Waals surface area contributed by atoms with E-state index >= 15 is 0 Å². The van der Waals surface area contributed by atoms with Crippen LogP contribution in [0, 0.1) is 16.7 Å². The molecule has 0 aromatic heterocycles. The summed E-state index contributed by atoms with van der Waals surface area (Å²) in [5, 5.41) is 12.5. The average molecular weight is 307 g/mol. The lowest BCUT2D eigenvalue weighted by atomic mass is 9.73. The second kappa shape index (κ2) is 5.32. The smallest absolute Gasteiger partial charge is 0.0992 e. The van der Waals surface area contributed by atoms with Gasteiger partial charge in [0.2, 0.25) is 0 Å². The lowest BCUT2D eigenvalue weighted by Crippen LogP contribution is -2.38. The van der Waals surface area contributed by atoms with Gasteiger partial charge in [-0.25, -0.2) is 0 Å². The number of nitrogens with zero attached hydrogens (tertiary/aromatic N) is 1. The molecule has 1 aliphatic rings. The first-order chi connectivity index (χ1) is 8.53. The highest BCUT2D eigenvalue weighted by atomic mass is 79.9. The summed E-state index contributed by atoms with van der Waals surface area (Å²) in [6.45, 7) is 4.67. The maximum Gasteiger partial charge on any atom is 0.0992 e. The van der Waals surface area contributed by atoms with Crippen LogP contribution >= 0.6 is 15.9 Å². The largest absolute Gasteiger partial charge is 0.381 e. The van der Waals surface area contributed by atoms with Crippen molar-refractivity contribution in [3.63, 3.8) is 0 Å². The maximum absolute atomic E-state index is 8.87. The predicted molar refractivity (Wildman–Crippen MR) is 78.5 cm³/mol. The van der Waals surface area contributed by atoms with Gasteiger partial charge in [0.15, 0.2) is 0 Å². The number of nitriles is 1. The van der Waals surface area contributed by atoms with E-state index in [1.54, 1.807) is 0 Å². The number of hydrogen-bond donors (Lipinski definition) is 1. The monoisotopic (exact) mass is 306 g/mol. The van der Waals surface area contributed by atoms with Crippen LogP contribution in [0.1, 0.15) is 45.1 Å². The van der Waals surface area contributed by atoms with Crippen LogP contribution in [-0.4, -0.2) is 6.04 Å². The summed E-state index contributed by atoms with van der Waals surface area (Å²) in [5.41, 5.74) is 2.12. The van der Waals surface area contributed by atoms with Crippen LogP contribution < -0.4 is 5.32 Å². The minimum absolute atomic E-state index is 0.339. The molecule has 1 atom stereocenters. The molecule has 1 aromatic carbocycles. The maximum atomic E-state index is 8.87. The second-order valence-electron chi connectivity index (χ2n) is 5.74. The van der Waals surface area contributed by atoms with Crippen LogP contribution in [0.5, 0.6) is 0 Å². The minimum atomic E-state index is 0.339. The predicted octanol–water partition coefficient (Wildman–Crippen LogP) is 4.70. The Balaban J connectivity index is 2.16. The van der Waals surface area contributed by atoms with Crippen molar-refractivity contribution in [2.45, 2.75) is 45.6 Å². The van der Waals surface area contributed by atoms with Gasteiger partial charge in [0, 0.05) is 16.2 Å². The number of nitrogens with one attached hydrogen (secondary N) is 1. The highest BCUT2D eigenvalue weighted by Gasteiger charge is 2.32. The molecule has 2 nitrogen and oxygen atoms in total. The zero-order valence-electron chi connectivity index (χ0n) is 11.0. The van der Waals surface area contributed by atoms with Gasteiger partial charge < -0.3 is 5.32 Å². The standard InChI is InChI=1S/C15H19BrN2/c1-15(2)8-4-3-5-14(15)18-13-7-6-11(10-17)9-12(13)16/h6-7,9,14,18H,3-5,8H2,1-2H3. The first-order valence-corrected chi connectivity index (χ1v) is 7.28. The van der Waals surface area contributed by atoms with Crippen molar-refractivity contribution in [1.29, 1.82) is 5.26 Å². The van der Waals surface area contributed by atoms with Crippen molar-refractivity contribution in [3.8, 4) is 6.07 Å².